The highest BCUT2D eigenvalue weighted by Crippen LogP contribution is 2.61. The number of nitrogens with one attached hydrogen (secondary N) is 2. The number of carbonyl (C=O) groups excluding carboxylic acids is 1. The molecule has 2 saturated carbocycles. The number of amides is 1. The number of nitrogen functional groups attached to an aromatic ring is 1. The van der Waals surface area contributed by atoms with Crippen molar-refractivity contribution in [2.75, 3.05) is 5.43 Å². The molecule has 178 valence electrons. The van der Waals surface area contributed by atoms with Gasteiger partial charge in [-0.05, 0) is 86.6 Å². The van der Waals surface area contributed by atoms with Gasteiger partial charge in [0.05, 0.1) is 11.9 Å². The van der Waals surface area contributed by atoms with Gasteiger partial charge >= 0.3 is 0 Å². The lowest BCUT2D eigenvalue weighted by molar-refractivity contribution is -0.231. The lowest BCUT2D eigenvalue weighted by atomic mass is 9.48. The molecule has 10 heteroatoms. The van der Waals surface area contributed by atoms with Gasteiger partial charge in [-0.25, -0.2) is 10.8 Å². The number of piperidine rings is 1. The monoisotopic (exact) mass is 473 g/mol. The Labute approximate surface area is 198 Å². The van der Waals surface area contributed by atoms with E-state index in [1.807, 2.05) is 4.57 Å². The number of ether oxygens (including phenoxy) is 1. The molecule has 2 aromatic rings. The summed E-state index contributed by atoms with van der Waals surface area (Å²) in [4.78, 5) is 25.1. The Morgan fingerprint density at radius 3 is 2.85 bits per heavy atom. The molecule has 4 heterocycles. The molecule has 4 fully saturated rings. The smallest absolute Gasteiger partial charge is 0.226 e. The number of hydrogen-bond acceptors (Lipinski definition) is 7. The molecule has 2 aromatic heterocycles. The molecule has 0 bridgehead atoms. The van der Waals surface area contributed by atoms with Gasteiger partial charge in [0, 0.05) is 12.5 Å². The van der Waals surface area contributed by atoms with Crippen molar-refractivity contribution in [1.29, 1.82) is 0 Å². The van der Waals surface area contributed by atoms with E-state index >= 15 is 0 Å². The molecule has 33 heavy (non-hydrogen) atoms. The van der Waals surface area contributed by atoms with Crippen LogP contribution in [0.4, 0.5) is 5.82 Å². The van der Waals surface area contributed by atoms with Crippen LogP contribution >= 0.6 is 11.6 Å². The third-order valence-corrected chi connectivity index (χ3v) is 9.57. The van der Waals surface area contributed by atoms with Crippen molar-refractivity contribution in [2.24, 2.45) is 29.0 Å². The molecule has 0 spiro atoms. The van der Waals surface area contributed by atoms with E-state index in [9.17, 15) is 4.79 Å². The molecule has 1 amide bonds. The van der Waals surface area contributed by atoms with Gasteiger partial charge in [0.2, 0.25) is 11.2 Å². The van der Waals surface area contributed by atoms with Crippen LogP contribution in [0.5, 0.6) is 0 Å². The van der Waals surface area contributed by atoms with Gasteiger partial charge in [0.15, 0.2) is 17.0 Å². The van der Waals surface area contributed by atoms with Crippen molar-refractivity contribution >= 4 is 34.5 Å². The van der Waals surface area contributed by atoms with Crippen molar-refractivity contribution in [3.05, 3.63) is 11.6 Å². The first-order valence-corrected chi connectivity index (χ1v) is 12.5. The van der Waals surface area contributed by atoms with Crippen molar-refractivity contribution < 1.29 is 9.53 Å². The standard InChI is InChI=1S/C23H32ClN7O2/c1-22-9-8-16(32)27-15(22)5-3-12-13(22)7-10-23(2)14(12)4-6-17(33-23)31-11-26-18-19(30-25)28-21(24)29-20(18)31/h11-15,17H,3-10,25H2,1-2H3,(H,27,32)(H,28,29,30)/t12-,13+,14+,15-,17+,22-,23+/m1/s1. The van der Waals surface area contributed by atoms with Crippen molar-refractivity contribution in [3.8, 4) is 0 Å². The predicted octanol–water partition coefficient (Wildman–Crippen LogP) is 3.55. The van der Waals surface area contributed by atoms with Crippen molar-refractivity contribution in [1.82, 2.24) is 24.8 Å². The average molecular weight is 474 g/mol. The number of halogens is 1. The Hall–Kier alpha value is -1.97. The summed E-state index contributed by atoms with van der Waals surface area (Å²) in [6.45, 7) is 4.72. The fraction of sp³-hybridized carbons (Fsp3) is 0.739. The summed E-state index contributed by atoms with van der Waals surface area (Å²) in [6.07, 6.45) is 9.71. The number of aromatic nitrogens is 4. The van der Waals surface area contributed by atoms with Crippen LogP contribution in [0.15, 0.2) is 6.33 Å². The predicted molar refractivity (Wildman–Crippen MR) is 124 cm³/mol. The number of carbonyl (C=O) groups is 1. The van der Waals surface area contributed by atoms with Crippen LogP contribution in [0.3, 0.4) is 0 Å². The first kappa shape index (κ1) is 21.6. The van der Waals surface area contributed by atoms with Gasteiger partial charge in [-0.3, -0.25) is 9.36 Å². The first-order chi connectivity index (χ1) is 15.8. The summed E-state index contributed by atoms with van der Waals surface area (Å²) >= 11 is 6.14. The van der Waals surface area contributed by atoms with Crippen LogP contribution in [0, 0.1) is 23.2 Å². The SMILES string of the molecule is C[C@]12CCC(=O)N[C@@H]1CC[C@@H]1[C@@H]2CC[C@]2(C)O[C@H](n3cnc4c(NN)nc(Cl)nc43)CC[C@@H]12. The summed E-state index contributed by atoms with van der Waals surface area (Å²) in [7, 11) is 0. The number of fused-ring (bicyclic) bond motifs is 6. The molecule has 4 N–H and O–H groups in total. The van der Waals surface area contributed by atoms with Crippen LogP contribution in [-0.4, -0.2) is 37.1 Å². The van der Waals surface area contributed by atoms with Gasteiger partial charge in [-0.1, -0.05) is 6.92 Å². The summed E-state index contributed by atoms with van der Waals surface area (Å²) in [5.41, 5.74) is 3.80. The molecule has 6 rings (SSSR count). The molecule has 2 aliphatic heterocycles. The molecule has 7 atom stereocenters. The number of nitrogens with two attached hydrogens (primary N) is 1. The maximum atomic E-state index is 12.0. The van der Waals surface area contributed by atoms with E-state index in [4.69, 9.17) is 22.2 Å². The minimum Gasteiger partial charge on any atom is -0.353 e. The maximum absolute atomic E-state index is 12.0. The molecule has 0 radical (unpaired) electrons. The molecule has 0 aromatic carbocycles. The van der Waals surface area contributed by atoms with Gasteiger partial charge in [-0.15, -0.1) is 0 Å². The third kappa shape index (κ3) is 3.19. The fourth-order valence-electron chi connectivity index (χ4n) is 7.74. The fourth-order valence-corrected chi connectivity index (χ4v) is 7.91. The van der Waals surface area contributed by atoms with E-state index in [1.165, 1.54) is 6.42 Å². The molecule has 2 aliphatic carbocycles. The molecule has 9 nitrogen and oxygen atoms in total. The average Bonchev–Trinajstić information content (AvgIpc) is 3.21. The number of nitrogens with zero attached hydrogens (tertiary/aromatic N) is 4. The van der Waals surface area contributed by atoms with Crippen LogP contribution in [-0.2, 0) is 9.53 Å². The number of imidazole rings is 1. The molecular weight excluding hydrogens is 442 g/mol. The minimum atomic E-state index is -0.187. The molecule has 0 unspecified atom stereocenters. The Morgan fingerprint density at radius 1 is 1.18 bits per heavy atom. The zero-order valence-electron chi connectivity index (χ0n) is 19.2. The van der Waals surface area contributed by atoms with Crippen LogP contribution in [0.1, 0.15) is 71.4 Å². The van der Waals surface area contributed by atoms with Gasteiger partial charge in [0.1, 0.15) is 6.23 Å². The van der Waals surface area contributed by atoms with Crippen LogP contribution in [0.2, 0.25) is 5.28 Å². The molecule has 2 saturated heterocycles. The van der Waals surface area contributed by atoms with Gasteiger partial charge in [0.25, 0.3) is 0 Å². The largest absolute Gasteiger partial charge is 0.353 e. The van der Waals surface area contributed by atoms with E-state index in [-0.39, 0.29) is 28.4 Å². The Kier molecular flexibility index (Phi) is 4.91. The summed E-state index contributed by atoms with van der Waals surface area (Å²) < 4.78 is 8.86. The van der Waals surface area contributed by atoms with E-state index in [0.717, 1.165) is 38.5 Å². The lowest BCUT2D eigenvalue weighted by Gasteiger charge is -2.62. The van der Waals surface area contributed by atoms with Crippen LogP contribution < -0.4 is 16.6 Å². The van der Waals surface area contributed by atoms with Gasteiger partial charge in [-0.2, -0.15) is 9.97 Å². The van der Waals surface area contributed by atoms with E-state index in [0.29, 0.717) is 47.2 Å². The second kappa shape index (κ2) is 7.52. The second-order valence-electron chi connectivity index (χ2n) is 10.9. The summed E-state index contributed by atoms with van der Waals surface area (Å²) in [6, 6.07) is 0.328. The van der Waals surface area contributed by atoms with E-state index in [2.05, 4.69) is 39.5 Å². The minimum absolute atomic E-state index is 0.127. The highest BCUT2D eigenvalue weighted by Gasteiger charge is 2.59. The zero-order chi connectivity index (χ0) is 23.0. The number of hydrazine groups is 1. The Balaban J connectivity index is 1.27. The highest BCUT2D eigenvalue weighted by molar-refractivity contribution is 6.28. The van der Waals surface area contributed by atoms with Crippen molar-refractivity contribution in [2.45, 2.75) is 83.1 Å². The zero-order valence-corrected chi connectivity index (χ0v) is 19.9. The van der Waals surface area contributed by atoms with Crippen molar-refractivity contribution in [3.63, 3.8) is 0 Å². The highest BCUT2D eigenvalue weighted by atomic mass is 35.5. The van der Waals surface area contributed by atoms with Gasteiger partial charge < -0.3 is 15.5 Å². The first-order valence-electron chi connectivity index (χ1n) is 12.2. The lowest BCUT2D eigenvalue weighted by Crippen LogP contribution is -2.63. The Bertz CT molecular complexity index is 1110. The Morgan fingerprint density at radius 2 is 2.03 bits per heavy atom. The summed E-state index contributed by atoms with van der Waals surface area (Å²) in [5.74, 6) is 8.06. The summed E-state index contributed by atoms with van der Waals surface area (Å²) in [5, 5.41) is 3.44. The maximum Gasteiger partial charge on any atom is 0.226 e. The third-order valence-electron chi connectivity index (χ3n) is 9.40. The molecule has 4 aliphatic rings. The normalized spacial score (nSPS) is 40.5. The quantitative estimate of drug-likeness (QED) is 0.346. The topological polar surface area (TPSA) is 120 Å². The number of anilines is 1. The number of rotatable bonds is 2. The van der Waals surface area contributed by atoms with Crippen LogP contribution in [0.25, 0.3) is 11.2 Å². The second-order valence-corrected chi connectivity index (χ2v) is 11.2. The van der Waals surface area contributed by atoms with E-state index in [1.54, 1.807) is 6.33 Å². The number of hydrogen-bond donors (Lipinski definition) is 3. The van der Waals surface area contributed by atoms with E-state index < -0.39 is 0 Å². The molecular formula is C23H32ClN7O2.